The molecule has 0 saturated carbocycles. The molecule has 0 bridgehead atoms. The molecule has 6 nitrogen and oxygen atoms in total. The smallest absolute Gasteiger partial charge is 0.478 e. The maximum atomic E-state index is 12.0. The van der Waals surface area contributed by atoms with Gasteiger partial charge in [0.25, 0.3) is 0 Å². The first-order valence-corrected chi connectivity index (χ1v) is 5.71. The van der Waals surface area contributed by atoms with Gasteiger partial charge in [0.1, 0.15) is 0 Å². The Kier molecular flexibility index (Phi) is 5.09. The second kappa shape index (κ2) is 5.67. The highest BCUT2D eigenvalue weighted by molar-refractivity contribution is 7.90. The van der Waals surface area contributed by atoms with Gasteiger partial charge >= 0.3 is 21.5 Å². The molecule has 0 aromatic carbocycles. The Hall–Kier alpha value is -1.84. The maximum Gasteiger partial charge on any atom is 0.516 e. The molecule has 10 heteroatoms. The van der Waals surface area contributed by atoms with Crippen LogP contribution in [-0.4, -0.2) is 31.2 Å². The summed E-state index contributed by atoms with van der Waals surface area (Å²) in [6.07, 6.45) is 2.05. The van der Waals surface area contributed by atoms with Gasteiger partial charge in [0.05, 0.1) is 5.57 Å². The first-order valence-electron chi connectivity index (χ1n) is 4.22. The number of halogens is 3. The fraction of sp³-hybridized carbons (Fsp3) is 0.250. The van der Waals surface area contributed by atoms with Crippen LogP contribution in [0, 0.1) is 5.41 Å². The molecule has 0 rings (SSSR count). The minimum atomic E-state index is -5.58. The van der Waals surface area contributed by atoms with Crippen molar-refractivity contribution in [2.75, 3.05) is 0 Å². The van der Waals surface area contributed by atoms with E-state index in [-0.39, 0.29) is 0 Å². The van der Waals surface area contributed by atoms with Gasteiger partial charge in [-0.2, -0.15) is 21.6 Å². The molecule has 0 atom stereocenters. The molecule has 0 aliphatic heterocycles. The van der Waals surface area contributed by atoms with Crippen molar-refractivity contribution in [3.8, 4) is 0 Å². The van der Waals surface area contributed by atoms with Crippen LogP contribution in [0.2, 0.25) is 0 Å². The Morgan fingerprint density at radius 3 is 2.22 bits per heavy atom. The molecule has 0 radical (unpaired) electrons. The Balaban J connectivity index is 5.21. The van der Waals surface area contributed by atoms with E-state index in [0.29, 0.717) is 12.3 Å². The molecule has 0 fully saturated rings. The van der Waals surface area contributed by atoms with Crippen molar-refractivity contribution >= 4 is 22.2 Å². The summed E-state index contributed by atoms with van der Waals surface area (Å²) < 4.78 is 58.5. The van der Waals surface area contributed by atoms with Gasteiger partial charge in [0.15, 0.2) is 0 Å². The van der Waals surface area contributed by atoms with Crippen molar-refractivity contribution in [2.24, 2.45) is 0 Å². The number of carboxylic acids is 1. The van der Waals surface area contributed by atoms with Gasteiger partial charge in [-0.15, -0.1) is 0 Å². The Morgan fingerprint density at radius 1 is 1.39 bits per heavy atom. The number of aliphatic carboxylic acids is 1. The number of carbonyl (C=O) groups is 1. The Labute approximate surface area is 100 Å². The third-order valence-electron chi connectivity index (χ3n) is 1.48. The molecule has 0 saturated heterocycles. The Morgan fingerprint density at radius 2 is 1.89 bits per heavy atom. The summed E-state index contributed by atoms with van der Waals surface area (Å²) in [5, 5.41) is 15.2. The highest BCUT2D eigenvalue weighted by Gasteiger charge is 2.45. The van der Waals surface area contributed by atoms with Crippen molar-refractivity contribution in [3.05, 3.63) is 23.4 Å². The van der Waals surface area contributed by atoms with Gasteiger partial charge in [-0.1, -0.05) is 0 Å². The van der Waals surface area contributed by atoms with Crippen molar-refractivity contribution in [2.45, 2.75) is 12.4 Å². The number of sulfonamides is 1. The molecule has 102 valence electrons. The summed E-state index contributed by atoms with van der Waals surface area (Å²) in [6.45, 7) is 0.948. The lowest BCUT2D eigenvalue weighted by Gasteiger charge is -2.10. The van der Waals surface area contributed by atoms with E-state index >= 15 is 0 Å². The standard InChI is InChI=1S/C8H9F3N2O4S/c1-5(4-6(2-3-12)7(14)15)13-18(16,17)8(9,10)11/h2-4,12-13H,1H3,(H,14,15)/b5-4+,6-2+,12-3?. The minimum absolute atomic E-state index is 0.535. The van der Waals surface area contributed by atoms with E-state index in [2.05, 4.69) is 0 Å². The molecule has 0 amide bonds. The van der Waals surface area contributed by atoms with Crippen LogP contribution in [0.5, 0.6) is 0 Å². The normalized spacial score (nSPS) is 14.2. The molecule has 0 heterocycles. The number of rotatable bonds is 5. The van der Waals surface area contributed by atoms with Crippen LogP contribution in [-0.2, 0) is 14.8 Å². The van der Waals surface area contributed by atoms with Gasteiger partial charge < -0.3 is 10.5 Å². The van der Waals surface area contributed by atoms with E-state index in [1.165, 1.54) is 4.72 Å². The number of allylic oxidation sites excluding steroid dienone is 2. The van der Waals surface area contributed by atoms with Crippen molar-refractivity contribution < 1.29 is 31.5 Å². The van der Waals surface area contributed by atoms with Crippen LogP contribution < -0.4 is 4.72 Å². The van der Waals surface area contributed by atoms with Crippen molar-refractivity contribution in [1.29, 1.82) is 5.41 Å². The summed E-state index contributed by atoms with van der Waals surface area (Å²) in [6, 6.07) is 0. The van der Waals surface area contributed by atoms with Crippen LogP contribution >= 0.6 is 0 Å². The van der Waals surface area contributed by atoms with Crippen LogP contribution in [0.3, 0.4) is 0 Å². The molecular formula is C8H9F3N2O4S. The summed E-state index contributed by atoms with van der Waals surface area (Å²) in [7, 11) is -5.58. The van der Waals surface area contributed by atoms with Gasteiger partial charge in [-0.05, 0) is 19.1 Å². The highest BCUT2D eigenvalue weighted by Crippen LogP contribution is 2.22. The molecular weight excluding hydrogens is 277 g/mol. The van der Waals surface area contributed by atoms with Gasteiger partial charge in [0.2, 0.25) is 0 Å². The highest BCUT2D eigenvalue weighted by atomic mass is 32.2. The first-order chi connectivity index (χ1) is 8.01. The fourth-order valence-corrected chi connectivity index (χ4v) is 1.40. The van der Waals surface area contributed by atoms with Crippen LogP contribution in [0.15, 0.2) is 23.4 Å². The lowest BCUT2D eigenvalue weighted by molar-refractivity contribution is -0.132. The molecule has 18 heavy (non-hydrogen) atoms. The second-order valence-corrected chi connectivity index (χ2v) is 4.65. The second-order valence-electron chi connectivity index (χ2n) is 2.97. The summed E-state index contributed by atoms with van der Waals surface area (Å²) >= 11 is 0. The maximum absolute atomic E-state index is 12.0. The lowest BCUT2D eigenvalue weighted by atomic mass is 10.2. The van der Waals surface area contributed by atoms with Gasteiger partial charge in [0, 0.05) is 11.9 Å². The monoisotopic (exact) mass is 286 g/mol. The van der Waals surface area contributed by atoms with E-state index in [1.807, 2.05) is 0 Å². The number of nitrogens with one attached hydrogen (secondary N) is 2. The van der Waals surface area contributed by atoms with Crippen LogP contribution in [0.25, 0.3) is 0 Å². The van der Waals surface area contributed by atoms with E-state index in [9.17, 15) is 26.4 Å². The lowest BCUT2D eigenvalue weighted by Crippen LogP contribution is -2.35. The van der Waals surface area contributed by atoms with Crippen molar-refractivity contribution in [3.63, 3.8) is 0 Å². The summed E-state index contributed by atoms with van der Waals surface area (Å²) in [5.74, 6) is -1.51. The van der Waals surface area contributed by atoms with E-state index < -0.39 is 32.8 Å². The first kappa shape index (κ1) is 16.2. The van der Waals surface area contributed by atoms with Gasteiger partial charge in [-0.3, -0.25) is 4.72 Å². The zero-order valence-corrected chi connectivity index (χ0v) is 9.76. The van der Waals surface area contributed by atoms with Gasteiger partial charge in [-0.25, -0.2) is 4.79 Å². The molecule has 0 unspecified atom stereocenters. The molecule has 0 aliphatic carbocycles. The molecule has 3 N–H and O–H groups in total. The minimum Gasteiger partial charge on any atom is -0.478 e. The molecule has 0 aliphatic rings. The molecule has 0 aromatic heterocycles. The van der Waals surface area contributed by atoms with E-state index in [4.69, 9.17) is 10.5 Å². The fourth-order valence-electron chi connectivity index (χ4n) is 0.803. The number of alkyl halides is 3. The number of hydrogen-bond acceptors (Lipinski definition) is 4. The largest absolute Gasteiger partial charge is 0.516 e. The summed E-state index contributed by atoms with van der Waals surface area (Å²) in [5.41, 5.74) is -6.56. The van der Waals surface area contributed by atoms with Crippen molar-refractivity contribution in [1.82, 2.24) is 4.72 Å². The zero-order valence-electron chi connectivity index (χ0n) is 8.95. The number of hydrogen-bond donors (Lipinski definition) is 3. The molecule has 0 spiro atoms. The van der Waals surface area contributed by atoms with E-state index in [1.54, 1.807) is 0 Å². The van der Waals surface area contributed by atoms with Crippen LogP contribution in [0.1, 0.15) is 6.92 Å². The average Bonchev–Trinajstić information content (AvgIpc) is 2.13. The third kappa shape index (κ3) is 4.57. The molecule has 0 aromatic rings. The predicted octanol–water partition coefficient (Wildman–Crippen LogP) is 0.990. The predicted molar refractivity (Wildman–Crippen MR) is 56.4 cm³/mol. The number of carboxylic acid groups (broad SMARTS) is 1. The SMILES string of the molecule is C/C(=C\C(=C/C=N)C(=O)O)NS(=O)(=O)C(F)(F)F. The summed E-state index contributed by atoms with van der Waals surface area (Å²) in [4.78, 5) is 10.6. The van der Waals surface area contributed by atoms with Crippen LogP contribution in [0.4, 0.5) is 13.2 Å². The topological polar surface area (TPSA) is 107 Å². The Bertz CT molecular complexity index is 505. The quantitative estimate of drug-likeness (QED) is 0.398. The average molecular weight is 286 g/mol. The third-order valence-corrected chi connectivity index (χ3v) is 2.68. The van der Waals surface area contributed by atoms with E-state index in [0.717, 1.165) is 13.0 Å². The zero-order chi connectivity index (χ0) is 14.6.